The van der Waals surface area contributed by atoms with Gasteiger partial charge in [-0.25, -0.2) is 0 Å². The largest absolute Gasteiger partial charge is 0.376 e. The number of carbonyl (C=O) groups excluding carboxylic acids is 1. The number of amides is 1. The molecule has 1 aromatic rings. The molecule has 1 N–H and O–H groups in total. The van der Waals surface area contributed by atoms with Crippen molar-refractivity contribution in [3.63, 3.8) is 0 Å². The number of likely N-dealkylation sites (N-methyl/N-ethyl adjacent to an activating group) is 1. The van der Waals surface area contributed by atoms with Crippen LogP contribution in [0.3, 0.4) is 0 Å². The van der Waals surface area contributed by atoms with Crippen molar-refractivity contribution in [3.8, 4) is 0 Å². The lowest BCUT2D eigenvalue weighted by Crippen LogP contribution is -2.35. The molecule has 3 heteroatoms. The second-order valence-electron chi connectivity index (χ2n) is 4.19. The van der Waals surface area contributed by atoms with Gasteiger partial charge in [-0.1, -0.05) is 18.2 Å². The van der Waals surface area contributed by atoms with E-state index >= 15 is 0 Å². The predicted molar refractivity (Wildman–Crippen MR) is 72.3 cm³/mol. The van der Waals surface area contributed by atoms with Crippen molar-refractivity contribution in [1.29, 1.82) is 0 Å². The Hall–Kier alpha value is -1.51. The quantitative estimate of drug-likeness (QED) is 0.849. The number of aryl methyl sites for hydroxylation is 2. The Morgan fingerprint density at radius 3 is 2.18 bits per heavy atom. The Labute approximate surface area is 104 Å². The molecule has 0 saturated carbocycles. The Morgan fingerprint density at radius 2 is 1.71 bits per heavy atom. The highest BCUT2D eigenvalue weighted by atomic mass is 16.2. The van der Waals surface area contributed by atoms with Crippen molar-refractivity contribution < 1.29 is 4.79 Å². The molecule has 17 heavy (non-hydrogen) atoms. The van der Waals surface area contributed by atoms with Gasteiger partial charge in [-0.05, 0) is 38.8 Å². The van der Waals surface area contributed by atoms with E-state index in [1.54, 1.807) is 0 Å². The van der Waals surface area contributed by atoms with Gasteiger partial charge < -0.3 is 10.2 Å². The van der Waals surface area contributed by atoms with Gasteiger partial charge in [0.2, 0.25) is 5.91 Å². The summed E-state index contributed by atoms with van der Waals surface area (Å²) >= 11 is 0. The van der Waals surface area contributed by atoms with Crippen LogP contribution < -0.4 is 5.32 Å². The van der Waals surface area contributed by atoms with Crippen LogP contribution in [0, 0.1) is 13.8 Å². The average Bonchev–Trinajstić information content (AvgIpc) is 2.30. The molecule has 0 fully saturated rings. The molecule has 0 radical (unpaired) electrons. The number of nitrogens with zero attached hydrogens (tertiary/aromatic N) is 1. The molecule has 0 aliphatic rings. The molecule has 0 unspecified atom stereocenters. The summed E-state index contributed by atoms with van der Waals surface area (Å²) < 4.78 is 0. The fourth-order valence-electron chi connectivity index (χ4n) is 1.95. The molecule has 0 aromatic heterocycles. The zero-order valence-electron chi connectivity index (χ0n) is 11.2. The number of carbonyl (C=O) groups is 1. The monoisotopic (exact) mass is 234 g/mol. The van der Waals surface area contributed by atoms with E-state index in [0.29, 0.717) is 6.54 Å². The summed E-state index contributed by atoms with van der Waals surface area (Å²) in [5.41, 5.74) is 3.43. The number of hydrogen-bond acceptors (Lipinski definition) is 2. The Kier molecular flexibility index (Phi) is 5.01. The molecule has 0 saturated heterocycles. The highest BCUT2D eigenvalue weighted by Gasteiger charge is 2.10. The molecule has 0 aliphatic carbocycles. The van der Waals surface area contributed by atoms with Crippen LogP contribution in [0.2, 0.25) is 0 Å². The third kappa shape index (κ3) is 3.48. The van der Waals surface area contributed by atoms with Crippen LogP contribution >= 0.6 is 0 Å². The van der Waals surface area contributed by atoms with Gasteiger partial charge in [0.15, 0.2) is 0 Å². The first-order valence-corrected chi connectivity index (χ1v) is 6.18. The van der Waals surface area contributed by atoms with Crippen LogP contribution in [0.1, 0.15) is 25.0 Å². The number of anilines is 1. The third-order valence-electron chi connectivity index (χ3n) is 3.01. The number of hydrogen-bond donors (Lipinski definition) is 1. The molecule has 1 amide bonds. The summed E-state index contributed by atoms with van der Waals surface area (Å²) in [4.78, 5) is 13.7. The topological polar surface area (TPSA) is 32.3 Å². The fraction of sp³-hybridized carbons (Fsp3) is 0.500. The Balaban J connectivity index is 2.64. The lowest BCUT2D eigenvalue weighted by molar-refractivity contribution is -0.128. The molecule has 1 rings (SSSR count). The molecular formula is C14H22N2O. The minimum Gasteiger partial charge on any atom is -0.376 e. The zero-order chi connectivity index (χ0) is 12.8. The number of nitrogens with one attached hydrogen (secondary N) is 1. The number of rotatable bonds is 5. The number of para-hydroxylation sites is 1. The fourth-order valence-corrected chi connectivity index (χ4v) is 1.95. The summed E-state index contributed by atoms with van der Waals surface area (Å²) in [7, 11) is 0. The van der Waals surface area contributed by atoms with Crippen LogP contribution in [-0.2, 0) is 4.79 Å². The summed E-state index contributed by atoms with van der Waals surface area (Å²) in [5, 5.41) is 3.24. The molecule has 0 aliphatic heterocycles. The van der Waals surface area contributed by atoms with Crippen LogP contribution in [0.25, 0.3) is 0 Å². The van der Waals surface area contributed by atoms with Gasteiger partial charge >= 0.3 is 0 Å². The standard InChI is InChI=1S/C14H22N2O/c1-5-16(6-2)13(17)10-15-14-11(3)8-7-9-12(14)4/h7-9,15H,5-6,10H2,1-4H3. The minimum absolute atomic E-state index is 0.151. The van der Waals surface area contributed by atoms with E-state index in [4.69, 9.17) is 0 Å². The Morgan fingerprint density at radius 1 is 1.18 bits per heavy atom. The normalized spacial score (nSPS) is 10.1. The van der Waals surface area contributed by atoms with Crippen molar-refractivity contribution in [2.45, 2.75) is 27.7 Å². The van der Waals surface area contributed by atoms with E-state index in [1.165, 1.54) is 11.1 Å². The second kappa shape index (κ2) is 6.28. The van der Waals surface area contributed by atoms with Crippen molar-refractivity contribution in [3.05, 3.63) is 29.3 Å². The highest BCUT2D eigenvalue weighted by molar-refractivity contribution is 5.81. The van der Waals surface area contributed by atoms with E-state index in [0.717, 1.165) is 18.8 Å². The predicted octanol–water partition coefficient (Wildman–Crippen LogP) is 2.58. The minimum atomic E-state index is 0.151. The molecule has 3 nitrogen and oxygen atoms in total. The van der Waals surface area contributed by atoms with E-state index in [1.807, 2.05) is 24.8 Å². The van der Waals surface area contributed by atoms with Gasteiger partial charge in [0, 0.05) is 18.8 Å². The maximum atomic E-state index is 11.9. The van der Waals surface area contributed by atoms with E-state index in [-0.39, 0.29) is 5.91 Å². The first kappa shape index (κ1) is 13.6. The van der Waals surface area contributed by atoms with Crippen LogP contribution in [-0.4, -0.2) is 30.4 Å². The Bertz CT molecular complexity index is 364. The van der Waals surface area contributed by atoms with Crippen molar-refractivity contribution in [1.82, 2.24) is 4.90 Å². The second-order valence-corrected chi connectivity index (χ2v) is 4.19. The molecule has 0 atom stereocenters. The molecule has 94 valence electrons. The van der Waals surface area contributed by atoms with E-state index in [2.05, 4.69) is 31.3 Å². The third-order valence-corrected chi connectivity index (χ3v) is 3.01. The summed E-state index contributed by atoms with van der Waals surface area (Å²) in [6.07, 6.45) is 0. The first-order valence-electron chi connectivity index (χ1n) is 6.18. The zero-order valence-corrected chi connectivity index (χ0v) is 11.2. The molecular weight excluding hydrogens is 212 g/mol. The van der Waals surface area contributed by atoms with Gasteiger partial charge in [0.05, 0.1) is 6.54 Å². The van der Waals surface area contributed by atoms with Gasteiger partial charge in [0.25, 0.3) is 0 Å². The maximum Gasteiger partial charge on any atom is 0.241 e. The lowest BCUT2D eigenvalue weighted by atomic mass is 10.1. The van der Waals surface area contributed by atoms with Gasteiger partial charge in [-0.3, -0.25) is 4.79 Å². The van der Waals surface area contributed by atoms with Crippen LogP contribution in [0.5, 0.6) is 0 Å². The molecule has 0 bridgehead atoms. The molecule has 1 aromatic carbocycles. The van der Waals surface area contributed by atoms with Gasteiger partial charge in [-0.2, -0.15) is 0 Å². The average molecular weight is 234 g/mol. The smallest absolute Gasteiger partial charge is 0.241 e. The first-order chi connectivity index (χ1) is 8.10. The van der Waals surface area contributed by atoms with Crippen LogP contribution in [0.4, 0.5) is 5.69 Å². The maximum absolute atomic E-state index is 11.9. The van der Waals surface area contributed by atoms with Gasteiger partial charge in [0.1, 0.15) is 0 Å². The summed E-state index contributed by atoms with van der Waals surface area (Å²) in [6.45, 7) is 10.0. The SMILES string of the molecule is CCN(CC)C(=O)CNc1c(C)cccc1C. The van der Waals surface area contributed by atoms with Crippen molar-refractivity contribution in [2.75, 3.05) is 25.0 Å². The summed E-state index contributed by atoms with van der Waals surface area (Å²) in [5.74, 6) is 0.151. The molecule has 0 spiro atoms. The lowest BCUT2D eigenvalue weighted by Gasteiger charge is -2.20. The van der Waals surface area contributed by atoms with Crippen molar-refractivity contribution >= 4 is 11.6 Å². The summed E-state index contributed by atoms with van der Waals surface area (Å²) in [6, 6.07) is 6.14. The van der Waals surface area contributed by atoms with Crippen LogP contribution in [0.15, 0.2) is 18.2 Å². The van der Waals surface area contributed by atoms with Crippen molar-refractivity contribution in [2.24, 2.45) is 0 Å². The molecule has 0 heterocycles. The van der Waals surface area contributed by atoms with Gasteiger partial charge in [-0.15, -0.1) is 0 Å². The highest BCUT2D eigenvalue weighted by Crippen LogP contribution is 2.18. The van der Waals surface area contributed by atoms with E-state index in [9.17, 15) is 4.79 Å². The number of benzene rings is 1. The van der Waals surface area contributed by atoms with E-state index < -0.39 is 0 Å².